The highest BCUT2D eigenvalue weighted by Crippen LogP contribution is 2.33. The lowest BCUT2D eigenvalue weighted by molar-refractivity contribution is 0.0590. The molecule has 0 fully saturated rings. The second-order valence-electron chi connectivity index (χ2n) is 11.5. The van der Waals surface area contributed by atoms with Crippen LogP contribution in [0, 0.1) is 11.6 Å². The summed E-state index contributed by atoms with van der Waals surface area (Å²) in [5.74, 6) is -2.37. The number of pyridine rings is 2. The molecule has 2 heterocycles. The first-order valence-corrected chi connectivity index (χ1v) is 15.5. The molecule has 0 aliphatic carbocycles. The van der Waals surface area contributed by atoms with E-state index in [1.165, 1.54) is 69.9 Å². The Morgan fingerprint density at radius 1 is 0.680 bits per heavy atom. The van der Waals surface area contributed by atoms with E-state index < -0.39 is 35.2 Å². The van der Waals surface area contributed by atoms with Gasteiger partial charge in [0.05, 0.1) is 39.0 Å². The van der Waals surface area contributed by atoms with Crippen LogP contribution in [0.4, 0.5) is 13.6 Å². The first-order valence-electron chi connectivity index (χ1n) is 15.5. The highest BCUT2D eigenvalue weighted by atomic mass is 19.1. The third-order valence-electron chi connectivity index (χ3n) is 7.69. The number of alkyl carbamates (subject to hydrolysis) is 1. The van der Waals surface area contributed by atoms with Crippen LogP contribution < -0.4 is 22.2 Å². The lowest BCUT2D eigenvalue weighted by Gasteiger charge is -2.19. The number of carbonyl (C=O) groups is 3. The molecule has 2 aromatic heterocycles. The number of nitrogens with two attached hydrogens (primary N) is 1. The van der Waals surface area contributed by atoms with Crippen LogP contribution in [0.2, 0.25) is 0 Å². The van der Waals surface area contributed by atoms with Gasteiger partial charge >= 0.3 is 18.0 Å². The minimum atomic E-state index is -0.730. The second kappa shape index (κ2) is 17.2. The average Bonchev–Trinajstić information content (AvgIpc) is 3.10. The molecule has 0 radical (unpaired) electrons. The van der Waals surface area contributed by atoms with Gasteiger partial charge in [0.25, 0.3) is 11.1 Å². The van der Waals surface area contributed by atoms with E-state index in [9.17, 15) is 32.8 Å². The molecule has 0 aliphatic rings. The Morgan fingerprint density at radius 2 is 1.06 bits per heavy atom. The van der Waals surface area contributed by atoms with Crippen molar-refractivity contribution in [3.63, 3.8) is 0 Å². The fourth-order valence-electron chi connectivity index (χ4n) is 5.28. The maximum Gasteiger partial charge on any atom is 0.407 e. The standard InChI is InChI=1S/C19H21FN2O5.C17H19FN2O3/c1-10(2)16-15(18(24)26-3)14(11-5-7-12(20)8-6-11)13(17(23)22-16)9-21-19(25)27-4;1-9(2)15-14(17(22)23-3)13(12(8-19)16(21)20-15)10-4-6-11(18)7-5-10/h5-8,10H,9H2,1-4H3,(H,21,25)(H,22,23);4-7,9H,8,19H2,1-3H3,(H,20,21). The molecule has 0 saturated heterocycles. The number of halogens is 2. The van der Waals surface area contributed by atoms with E-state index in [1.807, 2.05) is 27.7 Å². The van der Waals surface area contributed by atoms with Gasteiger partial charge in [-0.3, -0.25) is 9.59 Å². The largest absolute Gasteiger partial charge is 0.465 e. The number of rotatable bonds is 9. The van der Waals surface area contributed by atoms with Crippen molar-refractivity contribution < 1.29 is 37.4 Å². The van der Waals surface area contributed by atoms with Crippen molar-refractivity contribution in [3.05, 3.63) is 115 Å². The minimum Gasteiger partial charge on any atom is -0.465 e. The van der Waals surface area contributed by atoms with E-state index in [4.69, 9.17) is 15.2 Å². The zero-order valence-corrected chi connectivity index (χ0v) is 28.8. The molecule has 4 aromatic rings. The minimum absolute atomic E-state index is 0.0512. The zero-order valence-electron chi connectivity index (χ0n) is 28.8. The molecule has 50 heavy (non-hydrogen) atoms. The first kappa shape index (κ1) is 38.8. The van der Waals surface area contributed by atoms with Crippen molar-refractivity contribution in [2.24, 2.45) is 5.73 Å². The van der Waals surface area contributed by atoms with Crippen molar-refractivity contribution in [2.75, 3.05) is 21.3 Å². The molecule has 0 saturated carbocycles. The highest BCUT2D eigenvalue weighted by molar-refractivity contribution is 6.00. The van der Waals surface area contributed by atoms with Gasteiger partial charge in [-0.05, 0) is 47.2 Å². The Morgan fingerprint density at radius 3 is 1.40 bits per heavy atom. The smallest absolute Gasteiger partial charge is 0.407 e. The van der Waals surface area contributed by atoms with Crippen LogP contribution >= 0.6 is 0 Å². The van der Waals surface area contributed by atoms with Crippen molar-refractivity contribution in [1.82, 2.24) is 15.3 Å². The Hall–Kier alpha value is -5.63. The van der Waals surface area contributed by atoms with Crippen LogP contribution in [0.3, 0.4) is 0 Å². The van der Waals surface area contributed by atoms with Crippen LogP contribution in [0.15, 0.2) is 58.1 Å². The summed E-state index contributed by atoms with van der Waals surface area (Å²) < 4.78 is 40.9. The number of methoxy groups -OCH3 is 3. The quantitative estimate of drug-likeness (QED) is 0.130. The van der Waals surface area contributed by atoms with Crippen molar-refractivity contribution >= 4 is 18.0 Å². The fraction of sp³-hybridized carbons (Fsp3) is 0.306. The summed E-state index contributed by atoms with van der Waals surface area (Å²) in [6, 6.07) is 10.9. The monoisotopic (exact) mass is 694 g/mol. The molecule has 0 unspecified atom stereocenters. The van der Waals surface area contributed by atoms with Crippen molar-refractivity contribution in [3.8, 4) is 22.3 Å². The fourth-order valence-corrected chi connectivity index (χ4v) is 5.28. The number of carbonyl (C=O) groups excluding carboxylic acids is 3. The van der Waals surface area contributed by atoms with Crippen molar-refractivity contribution in [2.45, 2.75) is 52.6 Å². The molecule has 0 spiro atoms. The first-order chi connectivity index (χ1) is 23.7. The summed E-state index contributed by atoms with van der Waals surface area (Å²) in [5, 5.41) is 2.44. The molecule has 14 heteroatoms. The number of hydrogen-bond acceptors (Lipinski definition) is 9. The molecule has 0 aliphatic heterocycles. The maximum atomic E-state index is 13.4. The van der Waals surface area contributed by atoms with Gasteiger partial charge in [0.2, 0.25) is 0 Å². The SMILES string of the molecule is COC(=O)NCc1c(-c2ccc(F)cc2)c(C(=O)OC)c(C(C)C)[nH]c1=O.COC(=O)c1c(C(C)C)[nH]c(=O)c(CN)c1-c1ccc(F)cc1. The molecule has 4 rings (SSSR count). The normalized spacial score (nSPS) is 10.7. The zero-order chi connectivity index (χ0) is 37.3. The summed E-state index contributed by atoms with van der Waals surface area (Å²) in [6.45, 7) is 7.11. The van der Waals surface area contributed by atoms with E-state index in [1.54, 1.807) is 0 Å². The molecule has 5 N–H and O–H groups in total. The molecule has 12 nitrogen and oxygen atoms in total. The highest BCUT2D eigenvalue weighted by Gasteiger charge is 2.27. The number of ether oxygens (including phenoxy) is 3. The van der Waals surface area contributed by atoms with E-state index in [0.717, 1.165) is 0 Å². The Kier molecular flexibility index (Phi) is 13.3. The van der Waals surface area contributed by atoms with Gasteiger partial charge in [-0.2, -0.15) is 0 Å². The number of H-pyrrole nitrogens is 2. The summed E-state index contributed by atoms with van der Waals surface area (Å²) in [7, 11) is 3.70. The number of hydrogen-bond donors (Lipinski definition) is 4. The lowest BCUT2D eigenvalue weighted by Crippen LogP contribution is -2.29. The summed E-state index contributed by atoms with van der Waals surface area (Å²) in [5.41, 5.74) is 8.24. The molecule has 0 atom stereocenters. The van der Waals surface area contributed by atoms with E-state index >= 15 is 0 Å². The molecule has 266 valence electrons. The van der Waals surface area contributed by atoms with Gasteiger partial charge in [0.1, 0.15) is 11.6 Å². The van der Waals surface area contributed by atoms with Gasteiger partial charge in [-0.25, -0.2) is 23.2 Å². The molecule has 2 aromatic carbocycles. The van der Waals surface area contributed by atoms with Crippen LogP contribution in [0.5, 0.6) is 0 Å². The van der Waals surface area contributed by atoms with E-state index in [0.29, 0.717) is 28.1 Å². The number of benzene rings is 2. The topological polar surface area (TPSA) is 183 Å². The van der Waals surface area contributed by atoms with Gasteiger partial charge in [0.15, 0.2) is 0 Å². The van der Waals surface area contributed by atoms with Crippen LogP contribution in [0.25, 0.3) is 22.3 Å². The van der Waals surface area contributed by atoms with Gasteiger partial charge in [-0.1, -0.05) is 52.0 Å². The average molecular weight is 695 g/mol. The van der Waals surface area contributed by atoms with Crippen LogP contribution in [-0.4, -0.2) is 49.3 Å². The predicted molar refractivity (Wildman–Crippen MR) is 183 cm³/mol. The third-order valence-corrected chi connectivity index (χ3v) is 7.69. The van der Waals surface area contributed by atoms with Crippen LogP contribution in [0.1, 0.15) is 82.8 Å². The third kappa shape index (κ3) is 8.69. The maximum absolute atomic E-state index is 13.4. The Balaban J connectivity index is 0.000000274. The predicted octanol–water partition coefficient (Wildman–Crippen LogP) is 5.50. The van der Waals surface area contributed by atoms with Crippen LogP contribution in [-0.2, 0) is 27.3 Å². The van der Waals surface area contributed by atoms with Gasteiger partial charge < -0.3 is 35.2 Å². The summed E-state index contributed by atoms with van der Waals surface area (Å²) in [6.07, 6.45) is -0.730. The molecule has 1 amide bonds. The van der Waals surface area contributed by atoms with Crippen molar-refractivity contribution in [1.29, 1.82) is 0 Å². The van der Waals surface area contributed by atoms with E-state index in [-0.39, 0.29) is 58.3 Å². The Bertz CT molecular complexity index is 1970. The molecule has 0 bridgehead atoms. The number of aromatic amines is 2. The number of amides is 1. The molecular formula is C36H40F2N4O8. The molecular weight excluding hydrogens is 654 g/mol. The number of aromatic nitrogens is 2. The second-order valence-corrected chi connectivity index (χ2v) is 11.5. The van der Waals surface area contributed by atoms with Gasteiger partial charge in [0, 0.05) is 40.2 Å². The Labute approximate surface area is 287 Å². The summed E-state index contributed by atoms with van der Waals surface area (Å²) in [4.78, 5) is 66.8. The number of esters is 2. The summed E-state index contributed by atoms with van der Waals surface area (Å²) >= 11 is 0. The lowest BCUT2D eigenvalue weighted by atomic mass is 9.91. The number of nitrogens with one attached hydrogen (secondary N) is 3. The van der Waals surface area contributed by atoms with E-state index in [2.05, 4.69) is 20.0 Å². The van der Waals surface area contributed by atoms with Gasteiger partial charge in [-0.15, -0.1) is 0 Å².